The molecular weight excluding hydrogens is 252 g/mol. The molecule has 20 heavy (non-hydrogen) atoms. The second-order valence-electron chi connectivity index (χ2n) is 6.31. The first kappa shape index (κ1) is 15.5. The summed E-state index contributed by atoms with van der Waals surface area (Å²) >= 11 is 0. The van der Waals surface area contributed by atoms with Crippen LogP contribution in [0.2, 0.25) is 0 Å². The van der Waals surface area contributed by atoms with Crippen molar-refractivity contribution < 1.29 is 9.53 Å². The number of nitrogens with two attached hydrogens (primary N) is 1. The normalized spacial score (nSPS) is 34.3. The van der Waals surface area contributed by atoms with Crippen LogP contribution < -0.4 is 11.1 Å². The van der Waals surface area contributed by atoms with E-state index in [0.717, 1.165) is 19.3 Å². The van der Waals surface area contributed by atoms with E-state index < -0.39 is 0 Å². The lowest BCUT2D eigenvalue weighted by atomic mass is 9.67. The first-order chi connectivity index (χ1) is 9.61. The zero-order valence-corrected chi connectivity index (χ0v) is 12.5. The minimum absolute atomic E-state index is 0.0198. The van der Waals surface area contributed by atoms with Crippen molar-refractivity contribution >= 4 is 5.91 Å². The Balaban J connectivity index is 1.85. The Labute approximate surface area is 122 Å². The van der Waals surface area contributed by atoms with Crippen molar-refractivity contribution in [3.63, 3.8) is 0 Å². The molecule has 2 bridgehead atoms. The van der Waals surface area contributed by atoms with Gasteiger partial charge in [-0.15, -0.1) is 6.58 Å². The number of hydrogen-bond acceptors (Lipinski definition) is 3. The van der Waals surface area contributed by atoms with E-state index in [4.69, 9.17) is 10.5 Å². The van der Waals surface area contributed by atoms with Crippen LogP contribution in [0, 0.1) is 11.8 Å². The third-order valence-electron chi connectivity index (χ3n) is 4.74. The molecule has 4 nitrogen and oxygen atoms in total. The second kappa shape index (κ2) is 7.23. The van der Waals surface area contributed by atoms with Gasteiger partial charge in [0.15, 0.2) is 0 Å². The molecule has 0 saturated heterocycles. The number of carbonyl (C=O) groups excluding carboxylic acids is 1. The van der Waals surface area contributed by atoms with Crippen molar-refractivity contribution in [2.24, 2.45) is 17.6 Å². The molecule has 0 radical (unpaired) electrons. The van der Waals surface area contributed by atoms with E-state index >= 15 is 0 Å². The minimum atomic E-state index is -0.383. The Morgan fingerprint density at radius 2 is 2.10 bits per heavy atom. The summed E-state index contributed by atoms with van der Waals surface area (Å²) in [6, 6.07) is 0.626. The van der Waals surface area contributed by atoms with Crippen LogP contribution in [0.1, 0.15) is 45.4 Å². The van der Waals surface area contributed by atoms with E-state index in [9.17, 15) is 4.79 Å². The van der Waals surface area contributed by atoms with E-state index in [2.05, 4.69) is 11.9 Å². The van der Waals surface area contributed by atoms with Gasteiger partial charge in [0.1, 0.15) is 6.10 Å². The Kier molecular flexibility index (Phi) is 5.61. The lowest BCUT2D eigenvalue weighted by Gasteiger charge is -2.45. The van der Waals surface area contributed by atoms with Crippen LogP contribution in [-0.4, -0.2) is 30.7 Å². The fraction of sp³-hybridized carbons (Fsp3) is 0.812. The van der Waals surface area contributed by atoms with Gasteiger partial charge in [0.2, 0.25) is 5.91 Å². The summed E-state index contributed by atoms with van der Waals surface area (Å²) in [4.78, 5) is 12.2. The molecule has 2 rings (SSSR count). The van der Waals surface area contributed by atoms with Gasteiger partial charge in [0.05, 0.1) is 6.61 Å². The third-order valence-corrected chi connectivity index (χ3v) is 4.74. The molecule has 114 valence electrons. The van der Waals surface area contributed by atoms with Gasteiger partial charge in [-0.05, 0) is 50.9 Å². The number of rotatable bonds is 6. The quantitative estimate of drug-likeness (QED) is 0.577. The van der Waals surface area contributed by atoms with E-state index in [1.54, 1.807) is 6.08 Å². The molecule has 2 aliphatic carbocycles. The summed E-state index contributed by atoms with van der Waals surface area (Å²) < 4.78 is 5.52. The molecule has 2 aliphatic rings. The molecule has 0 aromatic carbocycles. The Morgan fingerprint density at radius 1 is 1.45 bits per heavy atom. The highest BCUT2D eigenvalue weighted by atomic mass is 16.5. The molecule has 0 aromatic heterocycles. The molecule has 0 heterocycles. The molecule has 0 spiro atoms. The van der Waals surface area contributed by atoms with Crippen molar-refractivity contribution in [1.82, 2.24) is 5.32 Å². The summed E-state index contributed by atoms with van der Waals surface area (Å²) in [6.07, 6.45) is 7.96. The summed E-state index contributed by atoms with van der Waals surface area (Å²) in [5, 5.41) is 3.22. The number of ether oxygens (including phenoxy) is 1. The number of amides is 1. The first-order valence-corrected chi connectivity index (χ1v) is 7.90. The largest absolute Gasteiger partial charge is 0.368 e. The van der Waals surface area contributed by atoms with E-state index in [1.807, 2.05) is 6.92 Å². The molecule has 4 heteroatoms. The standard InChI is InChI=1S/C16H28N2O2/c1-3-4-8-20-11(2)16(19)18-15-12-6-5-7-13(15)10-14(17)9-12/h3,11-15H,1,4-10,17H2,2H3,(H,18,19). The van der Waals surface area contributed by atoms with E-state index in [0.29, 0.717) is 30.5 Å². The lowest BCUT2D eigenvalue weighted by molar-refractivity contribution is -0.134. The van der Waals surface area contributed by atoms with Gasteiger partial charge in [0.25, 0.3) is 0 Å². The maximum atomic E-state index is 12.2. The number of nitrogens with one attached hydrogen (secondary N) is 1. The van der Waals surface area contributed by atoms with Crippen molar-refractivity contribution in [1.29, 1.82) is 0 Å². The van der Waals surface area contributed by atoms with Gasteiger partial charge in [0, 0.05) is 12.1 Å². The van der Waals surface area contributed by atoms with Gasteiger partial charge in [-0.25, -0.2) is 0 Å². The predicted octanol–water partition coefficient (Wildman–Crippen LogP) is 1.99. The molecule has 3 atom stereocenters. The fourth-order valence-corrected chi connectivity index (χ4v) is 3.71. The zero-order valence-electron chi connectivity index (χ0n) is 12.5. The SMILES string of the molecule is C=CCCOC(C)C(=O)NC1C2CCCC1CC(N)C2. The van der Waals surface area contributed by atoms with Crippen LogP contribution in [0.5, 0.6) is 0 Å². The van der Waals surface area contributed by atoms with Crippen LogP contribution in [-0.2, 0) is 9.53 Å². The Hall–Kier alpha value is -0.870. The number of fused-ring (bicyclic) bond motifs is 2. The molecule has 3 N–H and O–H groups in total. The maximum absolute atomic E-state index is 12.2. The Morgan fingerprint density at radius 3 is 2.70 bits per heavy atom. The van der Waals surface area contributed by atoms with E-state index in [-0.39, 0.29) is 12.0 Å². The molecule has 2 saturated carbocycles. The van der Waals surface area contributed by atoms with Crippen molar-refractivity contribution in [2.45, 2.75) is 63.6 Å². The summed E-state index contributed by atoms with van der Waals surface area (Å²) in [7, 11) is 0. The second-order valence-corrected chi connectivity index (χ2v) is 6.31. The maximum Gasteiger partial charge on any atom is 0.249 e. The highest BCUT2D eigenvalue weighted by molar-refractivity contribution is 5.80. The molecule has 0 aromatic rings. The first-order valence-electron chi connectivity index (χ1n) is 7.90. The minimum Gasteiger partial charge on any atom is -0.368 e. The molecule has 2 fully saturated rings. The summed E-state index contributed by atoms with van der Waals surface area (Å²) in [5.41, 5.74) is 6.11. The molecule has 3 unspecified atom stereocenters. The smallest absolute Gasteiger partial charge is 0.249 e. The predicted molar refractivity (Wildman–Crippen MR) is 80.2 cm³/mol. The van der Waals surface area contributed by atoms with E-state index in [1.165, 1.54) is 19.3 Å². The van der Waals surface area contributed by atoms with Gasteiger partial charge in [-0.2, -0.15) is 0 Å². The van der Waals surface area contributed by atoms with Crippen LogP contribution in [0.3, 0.4) is 0 Å². The zero-order chi connectivity index (χ0) is 14.5. The van der Waals surface area contributed by atoms with Crippen LogP contribution in [0.4, 0.5) is 0 Å². The molecule has 0 aliphatic heterocycles. The van der Waals surface area contributed by atoms with Gasteiger partial charge in [-0.3, -0.25) is 4.79 Å². The summed E-state index contributed by atoms with van der Waals surface area (Å²) in [5.74, 6) is 1.13. The van der Waals surface area contributed by atoms with Crippen molar-refractivity contribution in [3.8, 4) is 0 Å². The van der Waals surface area contributed by atoms with Crippen molar-refractivity contribution in [2.75, 3.05) is 6.61 Å². The topological polar surface area (TPSA) is 64.3 Å². The van der Waals surface area contributed by atoms with Gasteiger partial charge in [-0.1, -0.05) is 12.5 Å². The monoisotopic (exact) mass is 280 g/mol. The highest BCUT2D eigenvalue weighted by Crippen LogP contribution is 2.39. The number of hydrogen-bond donors (Lipinski definition) is 2. The van der Waals surface area contributed by atoms with Crippen LogP contribution in [0.25, 0.3) is 0 Å². The highest BCUT2D eigenvalue weighted by Gasteiger charge is 2.40. The van der Waals surface area contributed by atoms with Crippen LogP contribution in [0.15, 0.2) is 12.7 Å². The third kappa shape index (κ3) is 3.83. The van der Waals surface area contributed by atoms with Gasteiger partial charge >= 0.3 is 0 Å². The average Bonchev–Trinajstić information content (AvgIpc) is 2.40. The van der Waals surface area contributed by atoms with Crippen molar-refractivity contribution in [3.05, 3.63) is 12.7 Å². The van der Waals surface area contributed by atoms with Crippen LogP contribution >= 0.6 is 0 Å². The summed E-state index contributed by atoms with van der Waals surface area (Å²) in [6.45, 7) is 6.03. The molecular formula is C16H28N2O2. The fourth-order valence-electron chi connectivity index (χ4n) is 3.71. The van der Waals surface area contributed by atoms with Gasteiger partial charge < -0.3 is 15.8 Å². The average molecular weight is 280 g/mol. The lowest BCUT2D eigenvalue weighted by Crippen LogP contribution is -2.55. The Bertz CT molecular complexity index is 331. The number of carbonyl (C=O) groups is 1. The molecule has 1 amide bonds.